The molecular formula is C19H17N3O4. The van der Waals surface area contributed by atoms with Gasteiger partial charge in [-0.05, 0) is 48.5 Å². The number of hydrogen-bond donors (Lipinski definition) is 2. The molecule has 0 radical (unpaired) electrons. The molecule has 0 saturated carbocycles. The fourth-order valence-corrected chi connectivity index (χ4v) is 2.24. The van der Waals surface area contributed by atoms with Crippen molar-refractivity contribution in [3.05, 3.63) is 78.0 Å². The van der Waals surface area contributed by atoms with Crippen LogP contribution in [-0.4, -0.2) is 23.9 Å². The second-order valence-electron chi connectivity index (χ2n) is 5.37. The Bertz CT molecular complexity index is 889. The van der Waals surface area contributed by atoms with E-state index in [1.165, 1.54) is 18.5 Å². The van der Waals surface area contributed by atoms with Crippen molar-refractivity contribution in [2.45, 2.75) is 6.54 Å². The molecule has 0 saturated heterocycles. The first-order chi connectivity index (χ1) is 12.7. The maximum Gasteiger partial charge on any atom is 0.270 e. The summed E-state index contributed by atoms with van der Waals surface area (Å²) in [6, 6.07) is 13.4. The van der Waals surface area contributed by atoms with E-state index in [1.54, 1.807) is 49.6 Å². The molecular weight excluding hydrogens is 334 g/mol. The van der Waals surface area contributed by atoms with Crippen molar-refractivity contribution in [1.29, 1.82) is 0 Å². The normalized spacial score (nSPS) is 10.2. The zero-order valence-corrected chi connectivity index (χ0v) is 14.1. The minimum atomic E-state index is -0.388. The van der Waals surface area contributed by atoms with Gasteiger partial charge in [0.2, 0.25) is 0 Å². The first-order valence-corrected chi connectivity index (χ1v) is 7.88. The number of rotatable bonds is 6. The molecule has 0 aliphatic carbocycles. The van der Waals surface area contributed by atoms with E-state index >= 15 is 0 Å². The summed E-state index contributed by atoms with van der Waals surface area (Å²) in [5.41, 5.74) is 1.11. The number of carbonyl (C=O) groups excluding carboxylic acids is 2. The van der Waals surface area contributed by atoms with E-state index in [-0.39, 0.29) is 24.1 Å². The number of aromatic nitrogens is 1. The molecule has 132 valence electrons. The van der Waals surface area contributed by atoms with Gasteiger partial charge in [-0.3, -0.25) is 14.6 Å². The lowest BCUT2D eigenvalue weighted by atomic mass is 10.2. The van der Waals surface area contributed by atoms with Crippen LogP contribution in [-0.2, 0) is 6.54 Å². The van der Waals surface area contributed by atoms with Crippen LogP contribution < -0.4 is 15.4 Å². The van der Waals surface area contributed by atoms with E-state index in [0.29, 0.717) is 22.8 Å². The second kappa shape index (κ2) is 7.98. The first-order valence-electron chi connectivity index (χ1n) is 7.88. The summed E-state index contributed by atoms with van der Waals surface area (Å²) in [5, 5.41) is 5.45. The molecule has 1 aromatic carbocycles. The molecule has 0 fully saturated rings. The summed E-state index contributed by atoms with van der Waals surface area (Å²) >= 11 is 0. The number of amides is 2. The molecule has 0 aliphatic rings. The van der Waals surface area contributed by atoms with E-state index in [0.717, 1.165) is 0 Å². The molecule has 3 aromatic rings. The number of ether oxygens (including phenoxy) is 1. The van der Waals surface area contributed by atoms with Crippen LogP contribution in [0.1, 0.15) is 26.6 Å². The van der Waals surface area contributed by atoms with Crippen LogP contribution in [0.2, 0.25) is 0 Å². The number of nitrogens with zero attached hydrogens (tertiary/aromatic N) is 1. The molecule has 0 atom stereocenters. The van der Waals surface area contributed by atoms with Gasteiger partial charge in [0, 0.05) is 17.4 Å². The topological polar surface area (TPSA) is 93.5 Å². The SMILES string of the molecule is COc1ccc(NC(=O)c2ccnc(C(=O)NCc3ccco3)c2)cc1. The largest absolute Gasteiger partial charge is 0.497 e. The summed E-state index contributed by atoms with van der Waals surface area (Å²) in [6.07, 6.45) is 2.95. The summed E-state index contributed by atoms with van der Waals surface area (Å²) in [5.74, 6) is 0.604. The molecule has 7 heteroatoms. The van der Waals surface area contributed by atoms with Crippen LogP contribution in [0.25, 0.3) is 0 Å². The number of methoxy groups -OCH3 is 1. The molecule has 7 nitrogen and oxygen atoms in total. The number of pyridine rings is 1. The van der Waals surface area contributed by atoms with Crippen molar-refractivity contribution in [2.75, 3.05) is 12.4 Å². The van der Waals surface area contributed by atoms with Crippen molar-refractivity contribution in [3.63, 3.8) is 0 Å². The van der Waals surface area contributed by atoms with Gasteiger partial charge in [-0.15, -0.1) is 0 Å². The van der Waals surface area contributed by atoms with E-state index in [4.69, 9.17) is 9.15 Å². The Labute approximate surface area is 150 Å². The van der Waals surface area contributed by atoms with Gasteiger partial charge < -0.3 is 19.8 Å². The van der Waals surface area contributed by atoms with Crippen LogP contribution in [0, 0.1) is 0 Å². The lowest BCUT2D eigenvalue weighted by Crippen LogP contribution is -2.24. The third kappa shape index (κ3) is 4.27. The lowest BCUT2D eigenvalue weighted by molar-refractivity contribution is 0.0943. The van der Waals surface area contributed by atoms with Crippen LogP contribution >= 0.6 is 0 Å². The van der Waals surface area contributed by atoms with Crippen LogP contribution in [0.4, 0.5) is 5.69 Å². The molecule has 3 rings (SSSR count). The van der Waals surface area contributed by atoms with E-state index in [9.17, 15) is 9.59 Å². The third-order valence-electron chi connectivity index (χ3n) is 3.61. The highest BCUT2D eigenvalue weighted by atomic mass is 16.5. The molecule has 2 aromatic heterocycles. The van der Waals surface area contributed by atoms with Crippen molar-refractivity contribution >= 4 is 17.5 Å². The van der Waals surface area contributed by atoms with Gasteiger partial charge in [0.05, 0.1) is 19.9 Å². The second-order valence-corrected chi connectivity index (χ2v) is 5.37. The summed E-state index contributed by atoms with van der Waals surface area (Å²) in [4.78, 5) is 28.6. The summed E-state index contributed by atoms with van der Waals surface area (Å²) in [6.45, 7) is 0.246. The molecule has 0 bridgehead atoms. The summed E-state index contributed by atoms with van der Waals surface area (Å²) < 4.78 is 10.2. The highest BCUT2D eigenvalue weighted by molar-refractivity contribution is 6.05. The molecule has 2 heterocycles. The predicted octanol–water partition coefficient (Wildman–Crippen LogP) is 2.87. The zero-order valence-electron chi connectivity index (χ0n) is 14.1. The third-order valence-corrected chi connectivity index (χ3v) is 3.61. The zero-order chi connectivity index (χ0) is 18.4. The van der Waals surface area contributed by atoms with Gasteiger partial charge in [0.25, 0.3) is 11.8 Å². The van der Waals surface area contributed by atoms with E-state index in [1.807, 2.05) is 0 Å². The monoisotopic (exact) mass is 351 g/mol. The Kier molecular flexibility index (Phi) is 5.28. The highest BCUT2D eigenvalue weighted by Crippen LogP contribution is 2.16. The van der Waals surface area contributed by atoms with Gasteiger partial charge in [0.1, 0.15) is 17.2 Å². The quantitative estimate of drug-likeness (QED) is 0.712. The molecule has 26 heavy (non-hydrogen) atoms. The fraction of sp³-hybridized carbons (Fsp3) is 0.105. The smallest absolute Gasteiger partial charge is 0.270 e. The maximum atomic E-state index is 12.4. The van der Waals surface area contributed by atoms with Crippen LogP contribution in [0.5, 0.6) is 5.75 Å². The Morgan fingerprint density at radius 3 is 2.62 bits per heavy atom. The Morgan fingerprint density at radius 1 is 1.12 bits per heavy atom. The highest BCUT2D eigenvalue weighted by Gasteiger charge is 2.12. The number of hydrogen-bond acceptors (Lipinski definition) is 5. The van der Waals surface area contributed by atoms with E-state index < -0.39 is 0 Å². The minimum Gasteiger partial charge on any atom is -0.497 e. The Hall–Kier alpha value is -3.61. The van der Waals surface area contributed by atoms with Gasteiger partial charge in [-0.2, -0.15) is 0 Å². The van der Waals surface area contributed by atoms with Gasteiger partial charge in [-0.25, -0.2) is 0 Å². The number of carbonyl (C=O) groups is 2. The Morgan fingerprint density at radius 2 is 1.92 bits per heavy atom. The van der Waals surface area contributed by atoms with Crippen molar-refractivity contribution in [3.8, 4) is 5.75 Å². The van der Waals surface area contributed by atoms with Gasteiger partial charge in [0.15, 0.2) is 0 Å². The number of furan rings is 1. The minimum absolute atomic E-state index is 0.152. The molecule has 0 unspecified atom stereocenters. The lowest BCUT2D eigenvalue weighted by Gasteiger charge is -2.08. The molecule has 0 spiro atoms. The average Bonchev–Trinajstić information content (AvgIpc) is 3.20. The molecule has 0 aliphatic heterocycles. The number of anilines is 1. The average molecular weight is 351 g/mol. The summed E-state index contributed by atoms with van der Waals surface area (Å²) in [7, 11) is 1.57. The van der Waals surface area contributed by atoms with Crippen molar-refractivity contribution in [1.82, 2.24) is 10.3 Å². The number of benzene rings is 1. The van der Waals surface area contributed by atoms with Crippen molar-refractivity contribution in [2.24, 2.45) is 0 Å². The maximum absolute atomic E-state index is 12.4. The van der Waals surface area contributed by atoms with Crippen LogP contribution in [0.3, 0.4) is 0 Å². The first kappa shape index (κ1) is 17.2. The van der Waals surface area contributed by atoms with Crippen LogP contribution in [0.15, 0.2) is 65.4 Å². The predicted molar refractivity (Wildman–Crippen MR) is 95.1 cm³/mol. The Balaban J connectivity index is 1.65. The fourth-order valence-electron chi connectivity index (χ4n) is 2.24. The van der Waals surface area contributed by atoms with Crippen molar-refractivity contribution < 1.29 is 18.7 Å². The molecule has 2 N–H and O–H groups in total. The number of nitrogens with one attached hydrogen (secondary N) is 2. The van der Waals surface area contributed by atoms with Gasteiger partial charge in [-0.1, -0.05) is 0 Å². The standard InChI is InChI=1S/C19H17N3O4/c1-25-15-6-4-14(5-7-15)22-18(23)13-8-9-20-17(11-13)19(24)21-12-16-3-2-10-26-16/h2-11H,12H2,1H3,(H,21,24)(H,22,23). The molecule has 2 amide bonds. The van der Waals surface area contributed by atoms with Gasteiger partial charge >= 0.3 is 0 Å². The van der Waals surface area contributed by atoms with E-state index in [2.05, 4.69) is 15.6 Å².